The Morgan fingerprint density at radius 2 is 1.83 bits per heavy atom. The van der Waals surface area contributed by atoms with E-state index in [1.807, 2.05) is 37.3 Å². The van der Waals surface area contributed by atoms with Crippen LogP contribution in [0.5, 0.6) is 5.75 Å². The molecule has 0 aliphatic rings. The number of anilines is 2. The van der Waals surface area contributed by atoms with Crippen LogP contribution in [0.15, 0.2) is 48.9 Å². The minimum absolute atomic E-state index is 0.0410. The van der Waals surface area contributed by atoms with Gasteiger partial charge in [0, 0.05) is 5.56 Å². The third-order valence-electron chi connectivity index (χ3n) is 3.29. The topological polar surface area (TPSA) is 94.7 Å². The van der Waals surface area contributed by atoms with Crippen LogP contribution < -0.4 is 5.32 Å². The fourth-order valence-corrected chi connectivity index (χ4v) is 2.06. The molecule has 0 unspecified atom stereocenters. The molecule has 6 nitrogen and oxygen atoms in total. The smallest absolute Gasteiger partial charge is 0.185 e. The molecule has 0 spiro atoms. The van der Waals surface area contributed by atoms with E-state index in [4.69, 9.17) is 5.26 Å². The maximum atomic E-state index is 10.4. The van der Waals surface area contributed by atoms with Crippen LogP contribution in [-0.4, -0.2) is 20.1 Å². The zero-order valence-electron chi connectivity index (χ0n) is 12.4. The van der Waals surface area contributed by atoms with Crippen molar-refractivity contribution in [3.8, 4) is 23.1 Å². The maximum absolute atomic E-state index is 10.4. The van der Waals surface area contributed by atoms with Crippen molar-refractivity contribution in [2.24, 2.45) is 0 Å². The molecule has 0 aliphatic carbocycles. The van der Waals surface area contributed by atoms with Crippen molar-refractivity contribution < 1.29 is 5.11 Å². The summed E-state index contributed by atoms with van der Waals surface area (Å²) in [7, 11) is 0. The quantitative estimate of drug-likeness (QED) is 0.771. The molecule has 3 aromatic rings. The molecule has 0 fully saturated rings. The summed E-state index contributed by atoms with van der Waals surface area (Å²) < 4.78 is 0. The fraction of sp³-hybridized carbons (Fsp3) is 0.0588. The molecule has 23 heavy (non-hydrogen) atoms. The number of rotatable bonds is 3. The highest BCUT2D eigenvalue weighted by Crippen LogP contribution is 2.33. The minimum Gasteiger partial charge on any atom is -0.503 e. The summed E-state index contributed by atoms with van der Waals surface area (Å²) >= 11 is 0. The minimum atomic E-state index is -0.0410. The molecule has 0 amide bonds. The summed E-state index contributed by atoms with van der Waals surface area (Å²) in [5.74, 6) is 0.239. The monoisotopic (exact) mass is 303 g/mol. The Kier molecular flexibility index (Phi) is 3.85. The van der Waals surface area contributed by atoms with Crippen LogP contribution in [0.4, 0.5) is 11.5 Å². The molecule has 0 saturated carbocycles. The summed E-state index contributed by atoms with van der Waals surface area (Å²) in [6.45, 7) is 1.99. The van der Waals surface area contributed by atoms with Gasteiger partial charge in [0.2, 0.25) is 0 Å². The van der Waals surface area contributed by atoms with E-state index in [0.29, 0.717) is 17.1 Å². The third kappa shape index (κ3) is 3.09. The lowest BCUT2D eigenvalue weighted by molar-refractivity contribution is 0.475. The summed E-state index contributed by atoms with van der Waals surface area (Å²) in [5.41, 5.74) is 3.32. The van der Waals surface area contributed by atoms with E-state index >= 15 is 0 Å². The van der Waals surface area contributed by atoms with E-state index in [0.717, 1.165) is 11.1 Å². The number of hydrogen-bond acceptors (Lipinski definition) is 6. The van der Waals surface area contributed by atoms with Gasteiger partial charge in [-0.05, 0) is 19.1 Å². The molecule has 0 bridgehead atoms. The Bertz CT molecular complexity index is 867. The van der Waals surface area contributed by atoms with E-state index in [1.165, 1.54) is 12.5 Å². The van der Waals surface area contributed by atoms with E-state index in [-0.39, 0.29) is 11.6 Å². The van der Waals surface area contributed by atoms with Gasteiger partial charge < -0.3 is 10.4 Å². The molecule has 0 atom stereocenters. The molecular weight excluding hydrogens is 290 g/mol. The lowest BCUT2D eigenvalue weighted by Gasteiger charge is -2.10. The van der Waals surface area contributed by atoms with Gasteiger partial charge in [-0.2, -0.15) is 5.26 Å². The number of pyridine rings is 1. The Hall–Kier alpha value is -3.46. The normalized spacial score (nSPS) is 10.1. The van der Waals surface area contributed by atoms with Crippen molar-refractivity contribution in [2.75, 3.05) is 5.32 Å². The van der Waals surface area contributed by atoms with Crippen LogP contribution in [0.3, 0.4) is 0 Å². The number of aryl methyl sites for hydroxylation is 1. The Morgan fingerprint density at radius 3 is 2.48 bits per heavy atom. The van der Waals surface area contributed by atoms with E-state index in [2.05, 4.69) is 20.3 Å². The molecule has 112 valence electrons. The van der Waals surface area contributed by atoms with Gasteiger partial charge in [0.1, 0.15) is 23.8 Å². The van der Waals surface area contributed by atoms with Gasteiger partial charge in [0.05, 0.1) is 11.9 Å². The van der Waals surface area contributed by atoms with Gasteiger partial charge in [-0.3, -0.25) is 0 Å². The highest BCUT2D eigenvalue weighted by molar-refractivity contribution is 5.74. The van der Waals surface area contributed by atoms with Crippen molar-refractivity contribution >= 4 is 11.5 Å². The van der Waals surface area contributed by atoms with Crippen LogP contribution in [-0.2, 0) is 0 Å². The highest BCUT2D eigenvalue weighted by atomic mass is 16.3. The second kappa shape index (κ2) is 6.12. The molecular formula is C17H13N5O. The van der Waals surface area contributed by atoms with Crippen LogP contribution >= 0.6 is 0 Å². The molecule has 0 aliphatic heterocycles. The largest absolute Gasteiger partial charge is 0.503 e. The van der Waals surface area contributed by atoms with Gasteiger partial charge in [-0.1, -0.05) is 29.8 Å². The first-order chi connectivity index (χ1) is 11.2. The Balaban J connectivity index is 1.93. The second-order valence-corrected chi connectivity index (χ2v) is 4.95. The highest BCUT2D eigenvalue weighted by Gasteiger charge is 2.12. The second-order valence-electron chi connectivity index (χ2n) is 4.95. The van der Waals surface area contributed by atoms with Crippen LogP contribution in [0.2, 0.25) is 0 Å². The van der Waals surface area contributed by atoms with Crippen molar-refractivity contribution in [1.82, 2.24) is 15.0 Å². The average molecular weight is 303 g/mol. The SMILES string of the molecule is Cc1ccc(-c2ncnc(Nc3ccc(C#N)nc3)c2O)cc1. The molecule has 2 heterocycles. The maximum Gasteiger partial charge on any atom is 0.185 e. The molecule has 3 rings (SSSR count). The Labute approximate surface area is 133 Å². The number of nitrogens with one attached hydrogen (secondary N) is 1. The number of aromatic nitrogens is 3. The van der Waals surface area contributed by atoms with Gasteiger partial charge >= 0.3 is 0 Å². The summed E-state index contributed by atoms with van der Waals surface area (Å²) in [6.07, 6.45) is 2.89. The summed E-state index contributed by atoms with van der Waals surface area (Å²) in [6, 6.07) is 12.9. The molecule has 2 N–H and O–H groups in total. The van der Waals surface area contributed by atoms with Crippen LogP contribution in [0.1, 0.15) is 11.3 Å². The first-order valence-corrected chi connectivity index (χ1v) is 6.91. The van der Waals surface area contributed by atoms with Crippen molar-refractivity contribution in [3.63, 3.8) is 0 Å². The number of nitrogens with zero attached hydrogens (tertiary/aromatic N) is 4. The molecule has 0 saturated heterocycles. The molecule has 2 aromatic heterocycles. The van der Waals surface area contributed by atoms with E-state index in [1.54, 1.807) is 12.1 Å². The third-order valence-corrected chi connectivity index (χ3v) is 3.29. The summed E-state index contributed by atoms with van der Waals surface area (Å²) in [4.78, 5) is 12.2. The zero-order valence-corrected chi connectivity index (χ0v) is 12.4. The van der Waals surface area contributed by atoms with Gasteiger partial charge in [-0.25, -0.2) is 15.0 Å². The molecule has 1 aromatic carbocycles. The standard InChI is InChI=1S/C17H13N5O/c1-11-2-4-12(5-3-11)15-16(23)17(21-10-20-15)22-14-7-6-13(8-18)19-9-14/h2-7,9-10,23H,1H3,(H,20,21,22). The average Bonchev–Trinajstić information content (AvgIpc) is 2.58. The van der Waals surface area contributed by atoms with Gasteiger partial charge in [0.15, 0.2) is 11.6 Å². The predicted molar refractivity (Wildman–Crippen MR) is 86.1 cm³/mol. The predicted octanol–water partition coefficient (Wildman–Crippen LogP) is 3.17. The number of hydrogen-bond donors (Lipinski definition) is 2. The number of nitriles is 1. The van der Waals surface area contributed by atoms with Gasteiger partial charge in [-0.15, -0.1) is 0 Å². The summed E-state index contributed by atoms with van der Waals surface area (Å²) in [5, 5.41) is 22.1. The molecule has 0 radical (unpaired) electrons. The van der Waals surface area contributed by atoms with E-state index < -0.39 is 0 Å². The van der Waals surface area contributed by atoms with E-state index in [9.17, 15) is 5.11 Å². The zero-order chi connectivity index (χ0) is 16.2. The number of aromatic hydroxyl groups is 1. The van der Waals surface area contributed by atoms with Crippen LogP contribution in [0.25, 0.3) is 11.3 Å². The van der Waals surface area contributed by atoms with Crippen molar-refractivity contribution in [3.05, 3.63) is 60.2 Å². The molecule has 6 heteroatoms. The Morgan fingerprint density at radius 1 is 1.04 bits per heavy atom. The lowest BCUT2D eigenvalue weighted by atomic mass is 10.1. The van der Waals surface area contributed by atoms with Crippen LogP contribution in [0, 0.1) is 18.3 Å². The first kappa shape index (κ1) is 14.5. The first-order valence-electron chi connectivity index (χ1n) is 6.91. The number of benzene rings is 1. The van der Waals surface area contributed by atoms with Crippen molar-refractivity contribution in [1.29, 1.82) is 5.26 Å². The lowest BCUT2D eigenvalue weighted by Crippen LogP contribution is -1.98. The van der Waals surface area contributed by atoms with Gasteiger partial charge in [0.25, 0.3) is 0 Å². The fourth-order valence-electron chi connectivity index (χ4n) is 2.06. The van der Waals surface area contributed by atoms with Crippen molar-refractivity contribution in [2.45, 2.75) is 6.92 Å².